The zero-order chi connectivity index (χ0) is 21.6. The van der Waals surface area contributed by atoms with Gasteiger partial charge in [-0.1, -0.05) is 25.4 Å². The standard InChI is InChI=1S/C16H15BClF3N4O3S/c1-9-6-25(7-10(2)17(9)8-22)11-3-12-13(18)4-14(24-15(12)23-5-11)28-29(26,27)16(19,20)21/h3-5,9-10H,6-7H2,1-2H3. The van der Waals surface area contributed by atoms with Crippen LogP contribution in [0.15, 0.2) is 18.3 Å². The second-order valence-electron chi connectivity index (χ2n) is 7.00. The highest BCUT2D eigenvalue weighted by Crippen LogP contribution is 2.35. The molecule has 1 aliphatic heterocycles. The first-order chi connectivity index (χ1) is 13.4. The van der Waals surface area contributed by atoms with Gasteiger partial charge in [0.15, 0.2) is 5.65 Å². The van der Waals surface area contributed by atoms with Crippen LogP contribution in [0, 0.1) is 11.2 Å². The van der Waals surface area contributed by atoms with Gasteiger partial charge in [-0.15, -0.1) is 0 Å². The Kier molecular flexibility index (Phi) is 5.57. The van der Waals surface area contributed by atoms with E-state index < -0.39 is 21.5 Å². The molecule has 13 heteroatoms. The highest BCUT2D eigenvalue weighted by molar-refractivity contribution is 7.87. The third-order valence-electron chi connectivity index (χ3n) is 4.81. The smallest absolute Gasteiger partial charge is 0.371 e. The van der Waals surface area contributed by atoms with Crippen LogP contribution in [0.2, 0.25) is 16.7 Å². The third kappa shape index (κ3) is 4.21. The molecule has 7 nitrogen and oxygen atoms in total. The van der Waals surface area contributed by atoms with Crippen LogP contribution in [-0.4, -0.2) is 43.7 Å². The molecule has 1 saturated heterocycles. The van der Waals surface area contributed by atoms with Gasteiger partial charge in [-0.3, -0.25) is 0 Å². The van der Waals surface area contributed by atoms with Crippen molar-refractivity contribution in [3.63, 3.8) is 0 Å². The van der Waals surface area contributed by atoms with Gasteiger partial charge < -0.3 is 9.08 Å². The zero-order valence-electron chi connectivity index (χ0n) is 15.3. The van der Waals surface area contributed by atoms with Crippen molar-refractivity contribution in [1.29, 1.82) is 5.26 Å². The van der Waals surface area contributed by atoms with E-state index in [0.29, 0.717) is 24.2 Å². The van der Waals surface area contributed by atoms with Crippen LogP contribution in [0.25, 0.3) is 11.0 Å². The van der Waals surface area contributed by atoms with Crippen molar-refractivity contribution in [2.75, 3.05) is 18.0 Å². The predicted molar refractivity (Wildman–Crippen MR) is 103 cm³/mol. The summed E-state index contributed by atoms with van der Waals surface area (Å²) in [7, 11) is -5.87. The zero-order valence-corrected chi connectivity index (χ0v) is 16.9. The average Bonchev–Trinajstić information content (AvgIpc) is 2.60. The van der Waals surface area contributed by atoms with Gasteiger partial charge in [0.05, 0.1) is 16.9 Å². The highest BCUT2D eigenvalue weighted by Gasteiger charge is 2.49. The second-order valence-corrected chi connectivity index (χ2v) is 8.95. The number of nitriles is 1. The van der Waals surface area contributed by atoms with Gasteiger partial charge in [0.1, 0.15) is 0 Å². The molecule has 0 saturated carbocycles. The van der Waals surface area contributed by atoms with Crippen molar-refractivity contribution in [2.24, 2.45) is 0 Å². The number of nitrogens with zero attached hydrogens (tertiary/aromatic N) is 4. The molecule has 1 aliphatic rings. The molecule has 0 aliphatic carbocycles. The summed E-state index contributed by atoms with van der Waals surface area (Å²) in [6.45, 7) is 5.19. The summed E-state index contributed by atoms with van der Waals surface area (Å²) >= 11 is 6.12. The molecule has 1 fully saturated rings. The Hall–Kier alpha value is -2.26. The summed E-state index contributed by atoms with van der Waals surface area (Å²) in [4.78, 5) is 9.86. The maximum absolute atomic E-state index is 12.5. The fourth-order valence-corrected chi connectivity index (χ4v) is 4.07. The minimum atomic E-state index is -5.87. The molecule has 0 amide bonds. The van der Waals surface area contributed by atoms with Crippen LogP contribution < -0.4 is 9.08 Å². The van der Waals surface area contributed by atoms with E-state index in [1.54, 1.807) is 6.07 Å². The molecule has 3 rings (SSSR count). The van der Waals surface area contributed by atoms with E-state index >= 15 is 0 Å². The van der Waals surface area contributed by atoms with Crippen LogP contribution in [0.3, 0.4) is 0 Å². The maximum atomic E-state index is 12.5. The lowest BCUT2D eigenvalue weighted by molar-refractivity contribution is -0.0501. The Morgan fingerprint density at radius 3 is 2.48 bits per heavy atom. The summed E-state index contributed by atoms with van der Waals surface area (Å²) in [5.41, 5.74) is -4.93. The molecule has 154 valence electrons. The van der Waals surface area contributed by atoms with E-state index in [4.69, 9.17) is 11.6 Å². The number of hydrogen-bond donors (Lipinski definition) is 0. The van der Waals surface area contributed by atoms with Gasteiger partial charge in [-0.2, -0.15) is 26.6 Å². The Balaban J connectivity index is 1.92. The van der Waals surface area contributed by atoms with Crippen molar-refractivity contribution < 1.29 is 25.8 Å². The molecule has 0 bridgehead atoms. The summed E-state index contributed by atoms with van der Waals surface area (Å²) in [5.74, 6) is 1.78. The van der Waals surface area contributed by atoms with Crippen molar-refractivity contribution in [3.8, 4) is 11.8 Å². The van der Waals surface area contributed by atoms with Crippen LogP contribution in [0.5, 0.6) is 5.88 Å². The summed E-state index contributed by atoms with van der Waals surface area (Å²) in [6, 6.07) is 2.57. The van der Waals surface area contributed by atoms with Gasteiger partial charge in [-0.25, -0.2) is 10.2 Å². The van der Waals surface area contributed by atoms with E-state index in [2.05, 4.69) is 20.1 Å². The van der Waals surface area contributed by atoms with E-state index in [9.17, 15) is 26.9 Å². The average molecular weight is 447 g/mol. The molecule has 2 aromatic heterocycles. The lowest BCUT2D eigenvalue weighted by Crippen LogP contribution is -2.44. The largest absolute Gasteiger partial charge is 0.534 e. The van der Waals surface area contributed by atoms with Gasteiger partial charge in [0.25, 0.3) is 6.71 Å². The highest BCUT2D eigenvalue weighted by atomic mass is 35.5. The number of pyridine rings is 2. The van der Waals surface area contributed by atoms with E-state index in [0.717, 1.165) is 6.07 Å². The van der Waals surface area contributed by atoms with Crippen molar-refractivity contribution in [1.82, 2.24) is 9.97 Å². The van der Waals surface area contributed by atoms with Crippen LogP contribution in [0.1, 0.15) is 13.8 Å². The molecule has 29 heavy (non-hydrogen) atoms. The fraction of sp³-hybridized carbons (Fsp3) is 0.438. The molecular weight excluding hydrogens is 432 g/mol. The number of rotatable bonds is 3. The predicted octanol–water partition coefficient (Wildman–Crippen LogP) is 3.67. The number of halogens is 4. The minimum absolute atomic E-state index is 0.0512. The van der Waals surface area contributed by atoms with Gasteiger partial charge in [0, 0.05) is 30.5 Å². The third-order valence-corrected chi connectivity index (χ3v) is 6.08. The molecule has 2 unspecified atom stereocenters. The van der Waals surface area contributed by atoms with E-state index in [-0.39, 0.29) is 29.0 Å². The first-order valence-electron chi connectivity index (χ1n) is 8.54. The Bertz CT molecular complexity index is 1080. The van der Waals surface area contributed by atoms with E-state index in [1.807, 2.05) is 18.7 Å². The maximum Gasteiger partial charge on any atom is 0.534 e. The second kappa shape index (κ2) is 7.53. The SMILES string of the molecule is CC1CN(c2cnc3nc(OS(=O)(=O)C(F)(F)F)cc(Cl)c3c2)CC(C)B1C#N. The molecular formula is C16H15BClF3N4O3S. The first-order valence-corrected chi connectivity index (χ1v) is 10.3. The molecule has 3 heterocycles. The molecule has 2 aromatic rings. The molecule has 0 N–H and O–H groups in total. The van der Waals surface area contributed by atoms with Crippen LogP contribution in [0.4, 0.5) is 18.9 Å². The lowest BCUT2D eigenvalue weighted by atomic mass is 9.34. The van der Waals surface area contributed by atoms with Crippen molar-refractivity contribution in [2.45, 2.75) is 31.0 Å². The Morgan fingerprint density at radius 2 is 1.93 bits per heavy atom. The number of fused-ring (bicyclic) bond motifs is 1. The van der Waals surface area contributed by atoms with Crippen molar-refractivity contribution >= 4 is 45.2 Å². The fourth-order valence-electron chi connectivity index (χ4n) is 3.43. The van der Waals surface area contributed by atoms with Crippen LogP contribution in [-0.2, 0) is 10.1 Å². The van der Waals surface area contributed by atoms with Crippen molar-refractivity contribution in [3.05, 3.63) is 23.4 Å². The molecule has 0 radical (unpaired) electrons. The Labute approximate surface area is 170 Å². The van der Waals surface area contributed by atoms with Gasteiger partial charge in [0.2, 0.25) is 5.88 Å². The quantitative estimate of drug-likeness (QED) is 0.403. The normalized spacial score (nSPS) is 20.6. The summed E-state index contributed by atoms with van der Waals surface area (Å²) in [5, 5.41) is 9.58. The topological polar surface area (TPSA) is 96.2 Å². The number of aromatic nitrogens is 2. The monoisotopic (exact) mass is 446 g/mol. The molecule has 2 atom stereocenters. The molecule has 0 aromatic carbocycles. The number of hydrogen-bond acceptors (Lipinski definition) is 7. The summed E-state index contributed by atoms with van der Waals surface area (Å²) < 4.78 is 63.8. The number of alkyl halides is 3. The van der Waals surface area contributed by atoms with Gasteiger partial charge in [-0.05, 0) is 17.7 Å². The van der Waals surface area contributed by atoms with Crippen LogP contribution >= 0.6 is 11.6 Å². The lowest BCUT2D eigenvalue weighted by Gasteiger charge is -2.38. The summed E-state index contributed by atoms with van der Waals surface area (Å²) in [6.07, 6.45) is 1.47. The first kappa shape index (κ1) is 21.5. The van der Waals surface area contributed by atoms with E-state index in [1.165, 1.54) is 6.20 Å². The van der Waals surface area contributed by atoms with Gasteiger partial charge >= 0.3 is 15.6 Å². The minimum Gasteiger partial charge on any atom is -0.371 e. The Morgan fingerprint density at radius 1 is 1.31 bits per heavy atom. The molecule has 0 spiro atoms. The number of anilines is 1.